The van der Waals surface area contributed by atoms with E-state index < -0.39 is 32.1 Å². The maximum atomic E-state index is 13.6. The Morgan fingerprint density at radius 2 is 1.68 bits per heavy atom. The minimum absolute atomic E-state index is 0.00118. The molecule has 0 heterocycles. The molecule has 0 spiro atoms. The zero-order valence-electron chi connectivity index (χ0n) is 9.81. The predicted octanol–water partition coefficient (Wildman–Crippen LogP) is 2.52. The fourth-order valence-electron chi connectivity index (χ4n) is 1.67. The molecular formula is C13H11F2NO2S. The molecule has 100 valence electrons. The summed E-state index contributed by atoms with van der Waals surface area (Å²) >= 11 is 0. The number of nitrogen functional groups attached to an aromatic ring is 1. The highest BCUT2D eigenvalue weighted by atomic mass is 32.2. The summed E-state index contributed by atoms with van der Waals surface area (Å²) in [7, 11) is -3.95. The van der Waals surface area contributed by atoms with Gasteiger partial charge in [0, 0.05) is 11.3 Å². The van der Waals surface area contributed by atoms with E-state index in [9.17, 15) is 17.2 Å². The van der Waals surface area contributed by atoms with Crippen molar-refractivity contribution in [3.05, 3.63) is 59.7 Å². The maximum absolute atomic E-state index is 13.6. The van der Waals surface area contributed by atoms with Gasteiger partial charge in [-0.05, 0) is 24.3 Å². The van der Waals surface area contributed by atoms with Crippen molar-refractivity contribution in [2.45, 2.75) is 10.6 Å². The monoisotopic (exact) mass is 283 g/mol. The van der Waals surface area contributed by atoms with Crippen molar-refractivity contribution in [1.82, 2.24) is 0 Å². The molecule has 0 aliphatic heterocycles. The normalized spacial score (nSPS) is 11.5. The topological polar surface area (TPSA) is 60.2 Å². The summed E-state index contributed by atoms with van der Waals surface area (Å²) in [5.41, 5.74) is 5.48. The zero-order valence-corrected chi connectivity index (χ0v) is 10.6. The first-order valence-electron chi connectivity index (χ1n) is 5.41. The predicted molar refractivity (Wildman–Crippen MR) is 68.1 cm³/mol. The summed E-state index contributed by atoms with van der Waals surface area (Å²) in [6.07, 6.45) is 0. The van der Waals surface area contributed by atoms with Gasteiger partial charge in [0.2, 0.25) is 0 Å². The van der Waals surface area contributed by atoms with Gasteiger partial charge in [0.15, 0.2) is 9.84 Å². The first-order valence-corrected chi connectivity index (χ1v) is 7.06. The van der Waals surface area contributed by atoms with Crippen molar-refractivity contribution in [3.63, 3.8) is 0 Å². The Morgan fingerprint density at radius 3 is 2.32 bits per heavy atom. The van der Waals surface area contributed by atoms with Crippen LogP contribution >= 0.6 is 0 Å². The third kappa shape index (κ3) is 2.90. The maximum Gasteiger partial charge on any atom is 0.185 e. The molecule has 2 aromatic rings. The molecule has 0 aliphatic carbocycles. The van der Waals surface area contributed by atoms with Crippen molar-refractivity contribution >= 4 is 15.5 Å². The second-order valence-corrected chi connectivity index (χ2v) is 6.00. The minimum Gasteiger partial charge on any atom is -0.399 e. The first kappa shape index (κ1) is 13.5. The quantitative estimate of drug-likeness (QED) is 0.880. The molecule has 19 heavy (non-hydrogen) atoms. The van der Waals surface area contributed by atoms with E-state index in [0.29, 0.717) is 0 Å². The molecule has 0 aliphatic rings. The lowest BCUT2D eigenvalue weighted by atomic mass is 10.2. The molecule has 0 fully saturated rings. The molecule has 2 rings (SSSR count). The van der Waals surface area contributed by atoms with E-state index in [4.69, 9.17) is 5.73 Å². The summed E-state index contributed by atoms with van der Waals surface area (Å²) in [4.78, 5) is -0.482. The Hall–Kier alpha value is -1.95. The van der Waals surface area contributed by atoms with Crippen LogP contribution in [0.2, 0.25) is 0 Å². The lowest BCUT2D eigenvalue weighted by molar-refractivity contribution is 0.563. The highest BCUT2D eigenvalue weighted by Crippen LogP contribution is 2.22. The van der Waals surface area contributed by atoms with Crippen molar-refractivity contribution in [2.75, 3.05) is 5.73 Å². The first-order chi connectivity index (χ1) is 8.90. The van der Waals surface area contributed by atoms with Gasteiger partial charge < -0.3 is 5.73 Å². The third-order valence-corrected chi connectivity index (χ3v) is 4.29. The SMILES string of the molecule is Nc1ccc(S(=O)(=O)Cc2ccccc2F)c(F)c1. The van der Waals surface area contributed by atoms with E-state index in [2.05, 4.69) is 0 Å². The number of hydrogen-bond donors (Lipinski definition) is 1. The van der Waals surface area contributed by atoms with Gasteiger partial charge in [0.1, 0.15) is 16.5 Å². The van der Waals surface area contributed by atoms with Crippen LogP contribution in [0.3, 0.4) is 0 Å². The molecule has 0 aromatic heterocycles. The van der Waals surface area contributed by atoms with E-state index in [1.54, 1.807) is 0 Å². The van der Waals surface area contributed by atoms with Crippen LogP contribution in [-0.2, 0) is 15.6 Å². The molecule has 0 radical (unpaired) electrons. The number of sulfone groups is 1. The van der Waals surface area contributed by atoms with Crippen LogP contribution in [-0.4, -0.2) is 8.42 Å². The number of benzene rings is 2. The number of nitrogens with two attached hydrogens (primary N) is 1. The summed E-state index contributed by atoms with van der Waals surface area (Å²) in [5, 5.41) is 0. The molecule has 0 unspecified atom stereocenters. The van der Waals surface area contributed by atoms with E-state index >= 15 is 0 Å². The molecule has 0 amide bonds. The summed E-state index contributed by atoms with van der Waals surface area (Å²) in [5.74, 6) is -2.17. The number of anilines is 1. The van der Waals surface area contributed by atoms with Crippen LogP contribution in [0.25, 0.3) is 0 Å². The molecular weight excluding hydrogens is 272 g/mol. The average molecular weight is 283 g/mol. The fourth-order valence-corrected chi connectivity index (χ4v) is 3.10. The largest absolute Gasteiger partial charge is 0.399 e. The van der Waals surface area contributed by atoms with E-state index in [1.807, 2.05) is 0 Å². The van der Waals surface area contributed by atoms with Crippen LogP contribution in [0, 0.1) is 11.6 Å². The van der Waals surface area contributed by atoms with Gasteiger partial charge in [-0.2, -0.15) is 0 Å². The van der Waals surface area contributed by atoms with Gasteiger partial charge in [-0.3, -0.25) is 0 Å². The van der Waals surface area contributed by atoms with Gasteiger partial charge in [-0.25, -0.2) is 17.2 Å². The number of rotatable bonds is 3. The van der Waals surface area contributed by atoms with Gasteiger partial charge in [0.25, 0.3) is 0 Å². The van der Waals surface area contributed by atoms with Gasteiger partial charge in [0.05, 0.1) is 5.75 Å². The minimum atomic E-state index is -3.95. The van der Waals surface area contributed by atoms with E-state index in [-0.39, 0.29) is 11.3 Å². The van der Waals surface area contributed by atoms with Crippen LogP contribution in [0.4, 0.5) is 14.5 Å². The van der Waals surface area contributed by atoms with E-state index in [0.717, 1.165) is 18.2 Å². The smallest absolute Gasteiger partial charge is 0.185 e. The Kier molecular flexibility index (Phi) is 3.53. The highest BCUT2D eigenvalue weighted by molar-refractivity contribution is 7.90. The van der Waals surface area contributed by atoms with Crippen molar-refractivity contribution in [1.29, 1.82) is 0 Å². The molecule has 0 saturated heterocycles. The zero-order chi connectivity index (χ0) is 14.0. The number of halogens is 2. The summed E-state index contributed by atoms with van der Waals surface area (Å²) < 4.78 is 51.1. The Morgan fingerprint density at radius 1 is 1.00 bits per heavy atom. The second kappa shape index (κ2) is 4.97. The highest BCUT2D eigenvalue weighted by Gasteiger charge is 2.21. The van der Waals surface area contributed by atoms with Crippen LogP contribution < -0.4 is 5.73 Å². The third-order valence-electron chi connectivity index (χ3n) is 2.59. The number of hydrogen-bond acceptors (Lipinski definition) is 3. The molecule has 2 aromatic carbocycles. The van der Waals surface area contributed by atoms with Crippen molar-refractivity contribution in [3.8, 4) is 0 Å². The molecule has 0 saturated carbocycles. The molecule has 3 nitrogen and oxygen atoms in total. The van der Waals surface area contributed by atoms with Crippen molar-refractivity contribution in [2.24, 2.45) is 0 Å². The Labute approximate surface area is 109 Å². The van der Waals surface area contributed by atoms with Crippen molar-refractivity contribution < 1.29 is 17.2 Å². The Bertz CT molecular complexity index is 714. The average Bonchev–Trinajstić information content (AvgIpc) is 2.31. The summed E-state index contributed by atoms with van der Waals surface area (Å²) in [6.45, 7) is 0. The standard InChI is InChI=1S/C13H11F2NO2S/c14-11-4-2-1-3-9(11)8-19(17,18)13-6-5-10(16)7-12(13)15/h1-7H,8,16H2. The summed E-state index contributed by atoms with van der Waals surface area (Å²) in [6, 6.07) is 8.78. The molecule has 0 bridgehead atoms. The molecule has 0 atom stereocenters. The second-order valence-electron chi connectivity index (χ2n) is 4.04. The van der Waals surface area contributed by atoms with Crippen LogP contribution in [0.1, 0.15) is 5.56 Å². The van der Waals surface area contributed by atoms with Crippen LogP contribution in [0.15, 0.2) is 47.4 Å². The Balaban J connectivity index is 2.41. The van der Waals surface area contributed by atoms with Crippen LogP contribution in [0.5, 0.6) is 0 Å². The van der Waals surface area contributed by atoms with E-state index in [1.165, 1.54) is 24.3 Å². The lowest BCUT2D eigenvalue weighted by Crippen LogP contribution is -2.08. The van der Waals surface area contributed by atoms with Gasteiger partial charge >= 0.3 is 0 Å². The molecule has 6 heteroatoms. The molecule has 2 N–H and O–H groups in total. The van der Waals surface area contributed by atoms with Gasteiger partial charge in [-0.15, -0.1) is 0 Å². The fraction of sp³-hybridized carbons (Fsp3) is 0.0769. The van der Waals surface area contributed by atoms with Gasteiger partial charge in [-0.1, -0.05) is 18.2 Å². The lowest BCUT2D eigenvalue weighted by Gasteiger charge is -2.07.